The molecule has 7 nitrogen and oxygen atoms in total. The molecular weight excluding hydrogens is 298 g/mol. The van der Waals surface area contributed by atoms with Crippen molar-refractivity contribution in [2.75, 3.05) is 0 Å². The smallest absolute Gasteiger partial charge is 0.310 e. The fourth-order valence-electron chi connectivity index (χ4n) is 2.33. The average Bonchev–Trinajstić information content (AvgIpc) is 3.19. The van der Waals surface area contributed by atoms with E-state index in [-0.39, 0.29) is 11.7 Å². The van der Waals surface area contributed by atoms with E-state index in [1.54, 1.807) is 22.9 Å². The Balaban J connectivity index is 2.15. The fourth-order valence-corrected chi connectivity index (χ4v) is 2.33. The summed E-state index contributed by atoms with van der Waals surface area (Å²) in [6.07, 6.45) is 4.17. The van der Waals surface area contributed by atoms with Crippen molar-refractivity contribution >= 4 is 12.1 Å². The second-order valence-corrected chi connectivity index (χ2v) is 5.25. The predicted molar refractivity (Wildman–Crippen MR) is 84.5 cm³/mol. The van der Waals surface area contributed by atoms with Gasteiger partial charge < -0.3 is 14.1 Å². The zero-order valence-corrected chi connectivity index (χ0v) is 13.1. The molecule has 0 aliphatic carbocycles. The molecule has 0 bridgehead atoms. The van der Waals surface area contributed by atoms with Crippen molar-refractivity contribution in [1.29, 1.82) is 0 Å². The summed E-state index contributed by atoms with van der Waals surface area (Å²) in [6.45, 7) is 2.03. The molecule has 0 fully saturated rings. The molecule has 2 aromatic heterocycles. The first-order valence-electron chi connectivity index (χ1n) is 7.43. The number of rotatable bonds is 7. The lowest BCUT2D eigenvalue weighted by molar-refractivity contribution is 0.0674. The second-order valence-electron chi connectivity index (χ2n) is 5.25. The van der Waals surface area contributed by atoms with E-state index in [0.717, 1.165) is 12.8 Å². The molecular formula is C16H21N3O4. The highest BCUT2D eigenvalue weighted by Crippen LogP contribution is 2.23. The molecule has 0 spiro atoms. The first-order chi connectivity index (χ1) is 11.1. The number of carbonyl (C=O) groups is 1. The van der Waals surface area contributed by atoms with Gasteiger partial charge in [0.05, 0.1) is 11.6 Å². The number of nitrogens with one attached hydrogen (secondary N) is 1. The van der Waals surface area contributed by atoms with Gasteiger partial charge in [0.1, 0.15) is 5.76 Å². The largest absolute Gasteiger partial charge is 0.455 e. The summed E-state index contributed by atoms with van der Waals surface area (Å²) < 4.78 is 7.25. The van der Waals surface area contributed by atoms with Crippen LogP contribution in [0.1, 0.15) is 53.9 Å². The van der Waals surface area contributed by atoms with Crippen LogP contribution in [-0.2, 0) is 7.05 Å². The molecule has 7 heteroatoms. The summed E-state index contributed by atoms with van der Waals surface area (Å²) >= 11 is 0. The molecule has 0 radical (unpaired) electrons. The topological polar surface area (TPSA) is 100.0 Å². The van der Waals surface area contributed by atoms with Gasteiger partial charge in [-0.25, -0.2) is 5.48 Å². The summed E-state index contributed by atoms with van der Waals surface area (Å²) in [5.74, 6) is -0.268. The number of hydroxylamine groups is 1. The SMILES string of the molecule is CCCC(C=NC(O)c1cccn1C)c1ccc(C(=O)NO)o1. The first kappa shape index (κ1) is 17.0. The Labute approximate surface area is 134 Å². The molecule has 3 N–H and O–H groups in total. The summed E-state index contributed by atoms with van der Waals surface area (Å²) in [7, 11) is 1.84. The second kappa shape index (κ2) is 7.75. The molecule has 2 aromatic rings. The van der Waals surface area contributed by atoms with Crippen molar-refractivity contribution in [2.24, 2.45) is 12.0 Å². The Morgan fingerprint density at radius 1 is 1.48 bits per heavy atom. The fraction of sp³-hybridized carbons (Fsp3) is 0.375. The molecule has 2 rings (SSSR count). The quantitative estimate of drug-likeness (QED) is 0.414. The van der Waals surface area contributed by atoms with E-state index in [9.17, 15) is 9.90 Å². The number of aromatic nitrogens is 1. The van der Waals surface area contributed by atoms with Crippen molar-refractivity contribution in [2.45, 2.75) is 31.9 Å². The van der Waals surface area contributed by atoms with Crippen molar-refractivity contribution in [3.63, 3.8) is 0 Å². The predicted octanol–water partition coefficient (Wildman–Crippen LogP) is 2.38. The minimum atomic E-state index is -0.954. The van der Waals surface area contributed by atoms with Crippen LogP contribution in [-0.4, -0.2) is 27.0 Å². The zero-order chi connectivity index (χ0) is 16.8. The van der Waals surface area contributed by atoms with E-state index in [0.29, 0.717) is 11.5 Å². The number of aryl methyl sites for hydroxylation is 1. The van der Waals surface area contributed by atoms with Gasteiger partial charge in [0.15, 0.2) is 12.0 Å². The molecule has 2 atom stereocenters. The van der Waals surface area contributed by atoms with E-state index >= 15 is 0 Å². The van der Waals surface area contributed by atoms with Gasteiger partial charge in [-0.1, -0.05) is 13.3 Å². The van der Waals surface area contributed by atoms with Crippen LogP contribution in [0.15, 0.2) is 39.9 Å². The van der Waals surface area contributed by atoms with E-state index < -0.39 is 12.1 Å². The summed E-state index contributed by atoms with van der Waals surface area (Å²) in [4.78, 5) is 15.5. The molecule has 0 aliphatic heterocycles. The molecule has 1 amide bonds. The van der Waals surface area contributed by atoms with Gasteiger partial charge in [0.25, 0.3) is 0 Å². The molecule has 124 valence electrons. The number of nitrogens with zero attached hydrogens (tertiary/aromatic N) is 2. The van der Waals surface area contributed by atoms with Gasteiger partial charge in [-0.2, -0.15) is 0 Å². The number of aliphatic imine (C=N–C) groups is 1. The molecule has 2 unspecified atom stereocenters. The van der Waals surface area contributed by atoms with Crippen LogP contribution in [0.4, 0.5) is 0 Å². The molecule has 0 saturated heterocycles. The Hall–Kier alpha value is -2.38. The summed E-state index contributed by atoms with van der Waals surface area (Å²) in [5, 5.41) is 18.8. The monoisotopic (exact) mass is 319 g/mol. The van der Waals surface area contributed by atoms with Crippen molar-refractivity contribution in [3.8, 4) is 0 Å². The van der Waals surface area contributed by atoms with Crippen LogP contribution in [0.5, 0.6) is 0 Å². The van der Waals surface area contributed by atoms with E-state index in [2.05, 4.69) is 4.99 Å². The Morgan fingerprint density at radius 2 is 2.26 bits per heavy atom. The highest BCUT2D eigenvalue weighted by Gasteiger charge is 2.17. The van der Waals surface area contributed by atoms with Gasteiger partial charge in [-0.05, 0) is 30.7 Å². The number of carbonyl (C=O) groups excluding carboxylic acids is 1. The normalized spacial score (nSPS) is 14.1. The molecule has 23 heavy (non-hydrogen) atoms. The maximum Gasteiger partial charge on any atom is 0.310 e. The van der Waals surface area contributed by atoms with Gasteiger partial charge in [-0.15, -0.1) is 0 Å². The number of furan rings is 1. The molecule has 0 aromatic carbocycles. The maximum absolute atomic E-state index is 11.3. The van der Waals surface area contributed by atoms with E-state index in [1.807, 2.05) is 26.2 Å². The van der Waals surface area contributed by atoms with Crippen molar-refractivity contribution < 1.29 is 19.5 Å². The van der Waals surface area contributed by atoms with Crippen LogP contribution in [0.3, 0.4) is 0 Å². The van der Waals surface area contributed by atoms with E-state index in [4.69, 9.17) is 9.62 Å². The third-order valence-electron chi connectivity index (χ3n) is 3.57. The third kappa shape index (κ3) is 4.08. The summed E-state index contributed by atoms with van der Waals surface area (Å²) in [5.41, 5.74) is 2.22. The zero-order valence-electron chi connectivity index (χ0n) is 13.1. The molecule has 2 heterocycles. The Bertz CT molecular complexity index is 674. The van der Waals surface area contributed by atoms with Crippen LogP contribution < -0.4 is 5.48 Å². The Morgan fingerprint density at radius 3 is 2.87 bits per heavy atom. The summed E-state index contributed by atoms with van der Waals surface area (Å²) in [6, 6.07) is 6.80. The highest BCUT2D eigenvalue weighted by molar-refractivity contribution is 5.90. The average molecular weight is 319 g/mol. The standard InChI is InChI=1S/C16H21N3O4/c1-3-5-11(13-7-8-14(23-13)16(21)18-22)10-17-15(20)12-6-4-9-19(12)2/h4,6-11,15,20,22H,3,5H2,1-2H3,(H,18,21). The number of hydrogen-bond acceptors (Lipinski definition) is 5. The Kier molecular flexibility index (Phi) is 5.72. The number of amides is 1. The third-order valence-corrected chi connectivity index (χ3v) is 3.57. The van der Waals surface area contributed by atoms with Gasteiger partial charge in [0.2, 0.25) is 0 Å². The van der Waals surface area contributed by atoms with Crippen molar-refractivity contribution in [3.05, 3.63) is 47.7 Å². The first-order valence-corrected chi connectivity index (χ1v) is 7.43. The van der Waals surface area contributed by atoms with Gasteiger partial charge in [0, 0.05) is 19.5 Å². The minimum absolute atomic E-state index is 0.0278. The molecule has 0 aliphatic rings. The van der Waals surface area contributed by atoms with Gasteiger partial charge >= 0.3 is 5.91 Å². The number of aliphatic hydroxyl groups excluding tert-OH is 1. The minimum Gasteiger partial charge on any atom is -0.455 e. The van der Waals surface area contributed by atoms with Crippen LogP contribution in [0, 0.1) is 0 Å². The number of hydrogen-bond donors (Lipinski definition) is 3. The van der Waals surface area contributed by atoms with Crippen LogP contribution >= 0.6 is 0 Å². The lowest BCUT2D eigenvalue weighted by Crippen LogP contribution is -2.17. The van der Waals surface area contributed by atoms with E-state index in [1.165, 1.54) is 11.5 Å². The highest BCUT2D eigenvalue weighted by atomic mass is 16.5. The van der Waals surface area contributed by atoms with Crippen molar-refractivity contribution in [1.82, 2.24) is 10.0 Å². The lowest BCUT2D eigenvalue weighted by Gasteiger charge is -2.11. The van der Waals surface area contributed by atoms with Crippen LogP contribution in [0.2, 0.25) is 0 Å². The molecule has 0 saturated carbocycles. The number of aliphatic hydroxyl groups is 1. The van der Waals surface area contributed by atoms with Gasteiger partial charge in [-0.3, -0.25) is 15.0 Å². The maximum atomic E-state index is 11.3. The lowest BCUT2D eigenvalue weighted by atomic mass is 10.0. The van der Waals surface area contributed by atoms with Crippen LogP contribution in [0.25, 0.3) is 0 Å².